The van der Waals surface area contributed by atoms with Gasteiger partial charge in [-0.1, -0.05) is 215 Å². The Hall–Kier alpha value is -7.22. The van der Waals surface area contributed by atoms with Crippen LogP contribution in [0, 0.1) is 0 Å². The SMILES string of the molecule is C=C1/C=C\C=C/Cc2c(N(C3=CCC=C(c4ccc5c(c4)C(C)(C)c4ccccc4-5)C=C3)c3ccc(-c4ccccc4)cc3)cccc2C1(c1ccccc1)c1ccccc1. The lowest BCUT2D eigenvalue weighted by Crippen LogP contribution is -2.33. The van der Waals surface area contributed by atoms with Crippen molar-refractivity contribution in [1.82, 2.24) is 0 Å². The van der Waals surface area contributed by atoms with Gasteiger partial charge in [-0.2, -0.15) is 0 Å². The molecule has 7 aromatic rings. The molecule has 0 radical (unpaired) electrons. The molecule has 0 fully saturated rings. The highest BCUT2D eigenvalue weighted by molar-refractivity contribution is 5.86. The Balaban J connectivity index is 1.13. The summed E-state index contributed by atoms with van der Waals surface area (Å²) in [4.78, 5) is 2.48. The highest BCUT2D eigenvalue weighted by Crippen LogP contribution is 2.51. The quantitative estimate of drug-likeness (QED) is 0.156. The molecular formula is C60H49N. The third-order valence-corrected chi connectivity index (χ3v) is 13.1. The summed E-state index contributed by atoms with van der Waals surface area (Å²) in [5.41, 5.74) is 19.0. The highest BCUT2D eigenvalue weighted by atomic mass is 15.1. The molecule has 0 heterocycles. The minimum atomic E-state index is -0.636. The van der Waals surface area contributed by atoms with Crippen LogP contribution in [0.1, 0.15) is 59.2 Å². The van der Waals surface area contributed by atoms with E-state index in [1.807, 2.05) is 0 Å². The van der Waals surface area contributed by atoms with Crippen molar-refractivity contribution in [1.29, 1.82) is 0 Å². The third kappa shape index (κ3) is 6.58. The minimum Gasteiger partial charge on any atom is -0.311 e. The van der Waals surface area contributed by atoms with E-state index in [-0.39, 0.29) is 5.41 Å². The number of anilines is 2. The average Bonchev–Trinajstić information content (AvgIpc) is 3.40. The predicted octanol–water partition coefficient (Wildman–Crippen LogP) is 15.3. The standard InChI is InChI=1S/C60H49N/c1-43-20-8-4-15-30-54-56(60(43,48-24-11-6-12-25-48)49-26-13-7-14-27-49)32-19-33-58(54)61(51-39-35-46(36-40-51)44-21-9-5-10-22-44)50-28-18-23-45(34-38-50)47-37-41-53-52-29-16-17-31-55(52)59(2,3)57(53)42-47/h4-17,19-29,31-42H,1,18,30H2,2-3H3/b15-4-,20-8-. The minimum absolute atomic E-state index is 0.0596. The number of nitrogens with zero attached hydrogens (tertiary/aromatic N) is 1. The van der Waals surface area contributed by atoms with Gasteiger partial charge in [-0.05, 0) is 116 Å². The molecule has 0 unspecified atom stereocenters. The molecule has 294 valence electrons. The monoisotopic (exact) mass is 783 g/mol. The van der Waals surface area contributed by atoms with Crippen molar-refractivity contribution < 1.29 is 0 Å². The zero-order valence-electron chi connectivity index (χ0n) is 34.9. The van der Waals surface area contributed by atoms with Crippen LogP contribution >= 0.6 is 0 Å². The molecule has 0 aliphatic heterocycles. The van der Waals surface area contributed by atoms with Crippen molar-refractivity contribution in [3.05, 3.63) is 281 Å². The van der Waals surface area contributed by atoms with Crippen LogP contribution in [-0.2, 0) is 17.3 Å². The zero-order valence-corrected chi connectivity index (χ0v) is 34.9. The van der Waals surface area contributed by atoms with E-state index < -0.39 is 5.41 Å². The van der Waals surface area contributed by atoms with Crippen LogP contribution in [0.5, 0.6) is 0 Å². The van der Waals surface area contributed by atoms with Crippen molar-refractivity contribution in [2.45, 2.75) is 37.5 Å². The Bertz CT molecular complexity index is 2880. The molecule has 0 N–H and O–H groups in total. The first-order valence-corrected chi connectivity index (χ1v) is 21.5. The van der Waals surface area contributed by atoms with Gasteiger partial charge in [-0.25, -0.2) is 0 Å². The van der Waals surface area contributed by atoms with E-state index in [1.54, 1.807) is 0 Å². The lowest BCUT2D eigenvalue weighted by molar-refractivity contribution is 0.660. The molecule has 1 heteroatoms. The van der Waals surface area contributed by atoms with Crippen LogP contribution in [0.25, 0.3) is 27.8 Å². The fourth-order valence-electron chi connectivity index (χ4n) is 10.1. The number of fused-ring (bicyclic) bond motifs is 4. The molecule has 0 amide bonds. The maximum absolute atomic E-state index is 4.85. The largest absolute Gasteiger partial charge is 0.311 e. The summed E-state index contributed by atoms with van der Waals surface area (Å²) in [5.74, 6) is 0. The van der Waals surface area contributed by atoms with Gasteiger partial charge in [0.1, 0.15) is 0 Å². The van der Waals surface area contributed by atoms with Gasteiger partial charge >= 0.3 is 0 Å². The van der Waals surface area contributed by atoms with Gasteiger partial charge in [0.25, 0.3) is 0 Å². The molecule has 10 rings (SSSR count). The van der Waals surface area contributed by atoms with Gasteiger partial charge in [-0.3, -0.25) is 0 Å². The summed E-state index contributed by atoms with van der Waals surface area (Å²) in [5, 5.41) is 0. The second-order valence-electron chi connectivity index (χ2n) is 16.8. The molecule has 7 aromatic carbocycles. The molecule has 0 atom stereocenters. The molecule has 0 saturated carbocycles. The summed E-state index contributed by atoms with van der Waals surface area (Å²) in [6.45, 7) is 9.57. The Morgan fingerprint density at radius 1 is 0.508 bits per heavy atom. The second kappa shape index (κ2) is 15.8. The first kappa shape index (κ1) is 38.0. The van der Waals surface area contributed by atoms with Crippen LogP contribution in [0.2, 0.25) is 0 Å². The summed E-state index contributed by atoms with van der Waals surface area (Å²) in [6.07, 6.45) is 19.8. The van der Waals surface area contributed by atoms with Crippen molar-refractivity contribution in [2.75, 3.05) is 4.90 Å². The fourth-order valence-corrected chi connectivity index (χ4v) is 10.1. The summed E-state index contributed by atoms with van der Waals surface area (Å²) in [6, 6.07) is 64.4. The zero-order chi connectivity index (χ0) is 41.4. The number of allylic oxidation sites excluding steroid dienone is 10. The van der Waals surface area contributed by atoms with Gasteiger partial charge in [0.15, 0.2) is 0 Å². The summed E-state index contributed by atoms with van der Waals surface area (Å²) >= 11 is 0. The van der Waals surface area contributed by atoms with Crippen LogP contribution in [-0.4, -0.2) is 0 Å². The highest BCUT2D eigenvalue weighted by Gasteiger charge is 2.41. The van der Waals surface area contributed by atoms with Crippen molar-refractivity contribution in [3.63, 3.8) is 0 Å². The predicted molar refractivity (Wildman–Crippen MR) is 258 cm³/mol. The van der Waals surface area contributed by atoms with E-state index in [4.69, 9.17) is 6.58 Å². The van der Waals surface area contributed by atoms with E-state index in [2.05, 4.69) is 243 Å². The molecule has 1 nitrogen and oxygen atoms in total. The van der Waals surface area contributed by atoms with Gasteiger partial charge in [0, 0.05) is 22.5 Å². The maximum atomic E-state index is 4.85. The molecule has 0 aromatic heterocycles. The first-order chi connectivity index (χ1) is 29.9. The van der Waals surface area contributed by atoms with E-state index in [1.165, 1.54) is 66.8 Å². The van der Waals surface area contributed by atoms with E-state index in [9.17, 15) is 0 Å². The third-order valence-electron chi connectivity index (χ3n) is 13.1. The van der Waals surface area contributed by atoms with E-state index in [0.29, 0.717) is 0 Å². The van der Waals surface area contributed by atoms with Crippen LogP contribution in [0.15, 0.2) is 242 Å². The van der Waals surface area contributed by atoms with E-state index >= 15 is 0 Å². The van der Waals surface area contributed by atoms with Crippen molar-refractivity contribution >= 4 is 16.9 Å². The van der Waals surface area contributed by atoms with Gasteiger partial charge < -0.3 is 4.90 Å². The smallest absolute Gasteiger partial charge is 0.0699 e. The van der Waals surface area contributed by atoms with Crippen LogP contribution < -0.4 is 4.90 Å². The lowest BCUT2D eigenvalue weighted by atomic mass is 9.63. The van der Waals surface area contributed by atoms with Gasteiger partial charge in [0.2, 0.25) is 0 Å². The molecule has 3 aliphatic rings. The molecule has 61 heavy (non-hydrogen) atoms. The topological polar surface area (TPSA) is 3.24 Å². The summed E-state index contributed by atoms with van der Waals surface area (Å²) in [7, 11) is 0. The number of rotatable bonds is 7. The van der Waals surface area contributed by atoms with Crippen LogP contribution in [0.4, 0.5) is 11.4 Å². The molecule has 0 saturated heterocycles. The molecular weight excluding hydrogens is 735 g/mol. The number of benzene rings is 7. The van der Waals surface area contributed by atoms with Crippen molar-refractivity contribution in [3.8, 4) is 22.3 Å². The molecule has 3 aliphatic carbocycles. The Morgan fingerprint density at radius 3 is 1.87 bits per heavy atom. The van der Waals surface area contributed by atoms with Crippen molar-refractivity contribution in [2.24, 2.45) is 0 Å². The van der Waals surface area contributed by atoms with Crippen LogP contribution in [0.3, 0.4) is 0 Å². The number of hydrogen-bond donors (Lipinski definition) is 0. The Labute approximate surface area is 361 Å². The van der Waals surface area contributed by atoms with E-state index in [0.717, 1.165) is 35.5 Å². The van der Waals surface area contributed by atoms with Gasteiger partial charge in [-0.15, -0.1) is 0 Å². The molecule has 0 bridgehead atoms. The maximum Gasteiger partial charge on any atom is 0.0699 e. The molecule has 0 spiro atoms. The average molecular weight is 784 g/mol. The Kier molecular flexibility index (Phi) is 9.82. The summed E-state index contributed by atoms with van der Waals surface area (Å²) < 4.78 is 0. The number of hydrogen-bond acceptors (Lipinski definition) is 1. The fraction of sp³-hybridized carbons (Fsp3) is 0.100. The lowest BCUT2D eigenvalue weighted by Gasteiger charge is -2.40. The van der Waals surface area contributed by atoms with Gasteiger partial charge in [0.05, 0.1) is 5.41 Å². The first-order valence-electron chi connectivity index (χ1n) is 21.5. The Morgan fingerprint density at radius 2 is 1.13 bits per heavy atom. The normalized spacial score (nSPS) is 16.9. The second-order valence-corrected chi connectivity index (χ2v) is 16.8.